The molecule has 0 saturated carbocycles. The summed E-state index contributed by atoms with van der Waals surface area (Å²) in [5, 5.41) is 0. The number of nitrogen functional groups attached to an aromatic ring is 1. The molecule has 62 valence electrons. The van der Waals surface area contributed by atoms with Gasteiger partial charge in [0, 0.05) is 5.69 Å². The summed E-state index contributed by atoms with van der Waals surface area (Å²) in [5.74, 6) is 0. The molecular formula is C11H13N. The Morgan fingerprint density at radius 2 is 2.08 bits per heavy atom. The number of hydrogen-bond acceptors (Lipinski definition) is 1. The largest absolute Gasteiger partial charge is 0.398 e. The third-order valence-corrected chi connectivity index (χ3v) is 1.54. The van der Waals surface area contributed by atoms with E-state index >= 15 is 0 Å². The summed E-state index contributed by atoms with van der Waals surface area (Å²) < 4.78 is 0. The number of hydrogen-bond donors (Lipinski definition) is 1. The van der Waals surface area contributed by atoms with E-state index < -0.39 is 0 Å². The third-order valence-electron chi connectivity index (χ3n) is 1.54. The van der Waals surface area contributed by atoms with Crippen LogP contribution in [0.1, 0.15) is 12.5 Å². The van der Waals surface area contributed by atoms with Crippen LogP contribution in [0.25, 0.3) is 6.08 Å². The van der Waals surface area contributed by atoms with Gasteiger partial charge in [0.05, 0.1) is 0 Å². The van der Waals surface area contributed by atoms with Crippen LogP contribution in [0.2, 0.25) is 0 Å². The zero-order chi connectivity index (χ0) is 8.97. The molecule has 1 heteroatoms. The molecule has 0 heterocycles. The van der Waals surface area contributed by atoms with Crippen LogP contribution >= 0.6 is 0 Å². The average molecular weight is 159 g/mol. The Labute approximate surface area is 73.2 Å². The molecule has 1 aromatic rings. The molecule has 0 aliphatic carbocycles. The van der Waals surface area contributed by atoms with Crippen LogP contribution < -0.4 is 5.73 Å². The van der Waals surface area contributed by atoms with Gasteiger partial charge in [-0.25, -0.2) is 0 Å². The van der Waals surface area contributed by atoms with Crippen molar-refractivity contribution in [2.45, 2.75) is 6.92 Å². The average Bonchev–Trinajstić information content (AvgIpc) is 2.03. The Kier molecular flexibility index (Phi) is 2.70. The maximum Gasteiger partial charge on any atom is 0.0387 e. The van der Waals surface area contributed by atoms with E-state index in [1.54, 1.807) is 0 Å². The fourth-order valence-corrected chi connectivity index (χ4v) is 0.895. The molecule has 0 radical (unpaired) electrons. The summed E-state index contributed by atoms with van der Waals surface area (Å²) >= 11 is 0. The van der Waals surface area contributed by atoms with Crippen LogP contribution in [0.4, 0.5) is 5.69 Å². The molecule has 1 nitrogen and oxygen atoms in total. The molecule has 0 aliphatic rings. The van der Waals surface area contributed by atoms with Gasteiger partial charge in [0.15, 0.2) is 0 Å². The monoisotopic (exact) mass is 159 g/mol. The van der Waals surface area contributed by atoms with Crippen molar-refractivity contribution in [3.05, 3.63) is 48.1 Å². The highest BCUT2D eigenvalue weighted by Crippen LogP contribution is 2.12. The number of nitrogens with two attached hydrogens (primary N) is 1. The molecule has 1 rings (SSSR count). The Balaban J connectivity index is 2.89. The van der Waals surface area contributed by atoms with Crippen LogP contribution in [0.5, 0.6) is 0 Å². The topological polar surface area (TPSA) is 26.0 Å². The summed E-state index contributed by atoms with van der Waals surface area (Å²) in [6, 6.07) is 7.76. The van der Waals surface area contributed by atoms with Gasteiger partial charge in [-0.05, 0) is 18.6 Å². The summed E-state index contributed by atoms with van der Waals surface area (Å²) in [6.07, 6.45) is 3.92. The van der Waals surface area contributed by atoms with Gasteiger partial charge in [0.1, 0.15) is 0 Å². The van der Waals surface area contributed by atoms with E-state index in [0.29, 0.717) is 0 Å². The fourth-order valence-electron chi connectivity index (χ4n) is 0.895. The Bertz CT molecular complexity index is 311. The summed E-state index contributed by atoms with van der Waals surface area (Å²) in [5.41, 5.74) is 8.60. The molecule has 0 fully saturated rings. The van der Waals surface area contributed by atoms with Crippen molar-refractivity contribution in [3.8, 4) is 0 Å². The molecule has 0 atom stereocenters. The first-order valence-corrected chi connectivity index (χ1v) is 3.88. The zero-order valence-electron chi connectivity index (χ0n) is 7.25. The van der Waals surface area contributed by atoms with Crippen LogP contribution in [0.15, 0.2) is 42.5 Å². The predicted octanol–water partition coefficient (Wildman–Crippen LogP) is 2.86. The van der Waals surface area contributed by atoms with Crippen LogP contribution in [0.3, 0.4) is 0 Å². The first kappa shape index (κ1) is 8.60. The quantitative estimate of drug-likeness (QED) is 0.521. The van der Waals surface area contributed by atoms with Gasteiger partial charge in [0.2, 0.25) is 0 Å². The van der Waals surface area contributed by atoms with Gasteiger partial charge in [-0.3, -0.25) is 0 Å². The van der Waals surface area contributed by atoms with E-state index in [0.717, 1.165) is 16.8 Å². The zero-order valence-corrected chi connectivity index (χ0v) is 7.25. The number of benzene rings is 1. The lowest BCUT2D eigenvalue weighted by molar-refractivity contribution is 1.56. The highest BCUT2D eigenvalue weighted by molar-refractivity contribution is 5.65. The Morgan fingerprint density at radius 3 is 2.67 bits per heavy atom. The SMILES string of the molecule is C=C(C)/C=C\c1ccccc1N. The van der Waals surface area contributed by atoms with Crippen molar-refractivity contribution in [2.24, 2.45) is 0 Å². The lowest BCUT2D eigenvalue weighted by Gasteiger charge is -1.97. The van der Waals surface area contributed by atoms with Crippen molar-refractivity contribution >= 4 is 11.8 Å². The molecule has 0 aromatic heterocycles. The van der Waals surface area contributed by atoms with E-state index in [1.807, 2.05) is 43.3 Å². The highest BCUT2D eigenvalue weighted by Gasteiger charge is 1.90. The van der Waals surface area contributed by atoms with Crippen molar-refractivity contribution in [1.82, 2.24) is 0 Å². The van der Waals surface area contributed by atoms with Gasteiger partial charge in [-0.1, -0.05) is 42.5 Å². The molecule has 0 spiro atoms. The number of anilines is 1. The highest BCUT2D eigenvalue weighted by atomic mass is 14.5. The molecule has 12 heavy (non-hydrogen) atoms. The van der Waals surface area contributed by atoms with Crippen molar-refractivity contribution in [3.63, 3.8) is 0 Å². The molecule has 0 saturated heterocycles. The van der Waals surface area contributed by atoms with Crippen molar-refractivity contribution in [1.29, 1.82) is 0 Å². The number of rotatable bonds is 2. The van der Waals surface area contributed by atoms with Gasteiger partial charge in [0.25, 0.3) is 0 Å². The minimum absolute atomic E-state index is 0.801. The second kappa shape index (κ2) is 3.77. The number of allylic oxidation sites excluding steroid dienone is 2. The van der Waals surface area contributed by atoms with E-state index in [2.05, 4.69) is 6.58 Å². The maximum atomic E-state index is 5.73. The normalized spacial score (nSPS) is 10.4. The predicted molar refractivity (Wildman–Crippen MR) is 54.7 cm³/mol. The lowest BCUT2D eigenvalue weighted by Crippen LogP contribution is -1.87. The molecule has 0 amide bonds. The van der Waals surface area contributed by atoms with Crippen LogP contribution in [-0.2, 0) is 0 Å². The van der Waals surface area contributed by atoms with Gasteiger partial charge < -0.3 is 5.73 Å². The maximum absolute atomic E-state index is 5.73. The molecule has 0 aliphatic heterocycles. The lowest BCUT2D eigenvalue weighted by atomic mass is 10.1. The molecule has 1 aromatic carbocycles. The Hall–Kier alpha value is -1.50. The molecule has 0 unspecified atom stereocenters. The van der Waals surface area contributed by atoms with E-state index in [9.17, 15) is 0 Å². The third kappa shape index (κ3) is 2.27. The smallest absolute Gasteiger partial charge is 0.0387 e. The Morgan fingerprint density at radius 1 is 1.42 bits per heavy atom. The molecular weight excluding hydrogens is 146 g/mol. The van der Waals surface area contributed by atoms with E-state index in [-0.39, 0.29) is 0 Å². The van der Waals surface area contributed by atoms with E-state index in [4.69, 9.17) is 5.73 Å². The standard InChI is InChI=1S/C11H13N/c1-9(2)7-8-10-5-3-4-6-11(10)12/h3-8H,1,12H2,2H3/b8-7-. The fraction of sp³-hybridized carbons (Fsp3) is 0.0909. The van der Waals surface area contributed by atoms with Crippen LogP contribution in [-0.4, -0.2) is 0 Å². The van der Waals surface area contributed by atoms with E-state index in [1.165, 1.54) is 0 Å². The summed E-state index contributed by atoms with van der Waals surface area (Å²) in [6.45, 7) is 5.73. The molecule has 2 N–H and O–H groups in total. The first-order valence-electron chi connectivity index (χ1n) is 3.88. The first-order chi connectivity index (χ1) is 5.70. The van der Waals surface area contributed by atoms with Gasteiger partial charge >= 0.3 is 0 Å². The second-order valence-corrected chi connectivity index (χ2v) is 2.81. The van der Waals surface area contributed by atoms with Gasteiger partial charge in [-0.15, -0.1) is 0 Å². The minimum Gasteiger partial charge on any atom is -0.398 e. The van der Waals surface area contributed by atoms with Crippen LogP contribution in [0, 0.1) is 0 Å². The minimum atomic E-state index is 0.801. The van der Waals surface area contributed by atoms with Crippen molar-refractivity contribution < 1.29 is 0 Å². The molecule has 0 bridgehead atoms. The van der Waals surface area contributed by atoms with Crippen molar-refractivity contribution in [2.75, 3.05) is 5.73 Å². The second-order valence-electron chi connectivity index (χ2n) is 2.81. The summed E-state index contributed by atoms with van der Waals surface area (Å²) in [7, 11) is 0. The number of para-hydroxylation sites is 1. The van der Waals surface area contributed by atoms with Gasteiger partial charge in [-0.2, -0.15) is 0 Å². The summed E-state index contributed by atoms with van der Waals surface area (Å²) in [4.78, 5) is 0.